The van der Waals surface area contributed by atoms with Gasteiger partial charge in [0.05, 0.1) is 22.3 Å². The first-order chi connectivity index (χ1) is 21.2. The largest absolute Gasteiger partial charge is 0.592 e. The van der Waals surface area contributed by atoms with Crippen molar-refractivity contribution in [1.29, 1.82) is 0 Å². The van der Waals surface area contributed by atoms with Crippen LogP contribution in [-0.4, -0.2) is 66.4 Å². The molecule has 2 aliphatic rings. The zero-order valence-corrected chi connectivity index (χ0v) is 26.6. The summed E-state index contributed by atoms with van der Waals surface area (Å²) in [5.74, 6) is -0.675. The standard InChI is InChI=1S/2C16H10O3.2C2H6O.Ti/c2*17-14(10-6-2-1-3-7-10)13-15(18)11-8-4-5-9-12(11)16(13)19;2*1-2-3;/h2*1-9,17H;2*3H,2H2,1H3;/p+6. The summed E-state index contributed by atoms with van der Waals surface area (Å²) in [5.41, 5.74) is 3.30. The molecule has 9 heteroatoms. The summed E-state index contributed by atoms with van der Waals surface area (Å²) in [5, 5.41) is 28.7. The maximum absolute atomic E-state index is 12.3. The van der Waals surface area contributed by atoms with Crippen LogP contribution in [-0.2, 0) is 21.7 Å². The molecule has 0 aromatic heterocycles. The molecule has 6 rings (SSSR count). The van der Waals surface area contributed by atoms with Crippen LogP contribution in [0, 0.1) is 0 Å². The number of fused-ring (bicyclic) bond motifs is 2. The van der Waals surface area contributed by atoms with E-state index in [-0.39, 0.29) is 67.5 Å². The summed E-state index contributed by atoms with van der Waals surface area (Å²) in [6.45, 7) is 4.58. The molecule has 45 heavy (non-hydrogen) atoms. The fourth-order valence-corrected chi connectivity index (χ4v) is 4.49. The molecule has 0 atom stereocenters. The number of Topliss-reactive ketones (excluding diaryl/α,β-unsaturated/α-hetero) is 2. The van der Waals surface area contributed by atoms with Gasteiger partial charge in [0.2, 0.25) is 22.7 Å². The fourth-order valence-electron chi connectivity index (χ4n) is 4.49. The molecule has 0 fully saturated rings. The van der Waals surface area contributed by atoms with E-state index >= 15 is 0 Å². The normalized spacial score (nSPS) is 14.7. The predicted molar refractivity (Wildman–Crippen MR) is 176 cm³/mol. The predicted octanol–water partition coefficient (Wildman–Crippen LogP) is 3.28. The molecule has 4 aromatic rings. The topological polar surface area (TPSA) is 169 Å². The summed E-state index contributed by atoms with van der Waals surface area (Å²) < 4.78 is 0. The molecular formula is C36H38O8Ti+6. The van der Waals surface area contributed by atoms with Crippen LogP contribution in [0.25, 0.3) is 11.5 Å². The average Bonchev–Trinajstić information content (AvgIpc) is 3.46. The second-order valence-corrected chi connectivity index (χ2v) is 9.39. The minimum Gasteiger partial charge on any atom is -0.592 e. The monoisotopic (exact) mass is 646 g/mol. The van der Waals surface area contributed by atoms with Crippen molar-refractivity contribution in [1.82, 2.24) is 0 Å². The zero-order valence-electron chi connectivity index (χ0n) is 25.0. The number of benzene rings is 4. The van der Waals surface area contributed by atoms with Gasteiger partial charge in [-0.25, -0.2) is 0 Å². The smallest absolute Gasteiger partial charge is 0.368 e. The number of rotatable bonds is 2. The van der Waals surface area contributed by atoms with Crippen molar-refractivity contribution < 1.29 is 61.3 Å². The molecule has 4 aromatic carbocycles. The molecule has 0 amide bonds. The van der Waals surface area contributed by atoms with Crippen LogP contribution in [0.4, 0.5) is 0 Å². The van der Waals surface area contributed by atoms with E-state index in [1.807, 2.05) is 12.1 Å². The second kappa shape index (κ2) is 17.5. The molecule has 2 aliphatic carbocycles. The van der Waals surface area contributed by atoms with E-state index in [0.29, 0.717) is 46.6 Å². The third kappa shape index (κ3) is 8.26. The first-order valence-corrected chi connectivity index (χ1v) is 14.0. The Kier molecular flexibility index (Phi) is 14.2. The Hall–Kier alpha value is -4.73. The SMILES string of the molecule is CC[OH2+].CC[OH2+].O=C1C(=C([OH2+])c2ccccc2)C(=[OH+])c2ccccc21.O=C1C(=C([OH2+])c2ccccc2)C(=[OH+])c2ccccc21.[Ti]. The molecule has 0 saturated carbocycles. The zero-order chi connectivity index (χ0) is 32.2. The van der Waals surface area contributed by atoms with Gasteiger partial charge in [0.15, 0.2) is 0 Å². The van der Waals surface area contributed by atoms with E-state index in [4.69, 9.17) is 20.4 Å². The molecule has 0 saturated heterocycles. The van der Waals surface area contributed by atoms with Gasteiger partial charge in [0.1, 0.15) is 13.2 Å². The molecule has 0 unspecified atom stereocenters. The van der Waals surface area contributed by atoms with Crippen molar-refractivity contribution in [2.75, 3.05) is 13.2 Å². The van der Waals surface area contributed by atoms with Gasteiger partial charge in [0.25, 0.3) is 11.5 Å². The molecule has 0 radical (unpaired) electrons. The Labute approximate surface area is 275 Å². The maximum atomic E-state index is 12.3. The van der Waals surface area contributed by atoms with Gasteiger partial charge in [-0.1, -0.05) is 72.8 Å². The van der Waals surface area contributed by atoms with Crippen molar-refractivity contribution >= 4 is 34.7 Å². The van der Waals surface area contributed by atoms with Crippen LogP contribution in [0.5, 0.6) is 0 Å². The van der Waals surface area contributed by atoms with E-state index in [2.05, 4.69) is 0 Å². The van der Waals surface area contributed by atoms with E-state index in [1.54, 1.807) is 111 Å². The summed E-state index contributed by atoms with van der Waals surface area (Å²) in [6, 6.07) is 31.6. The van der Waals surface area contributed by atoms with Gasteiger partial charge in [-0.2, -0.15) is 0 Å². The Bertz CT molecular complexity index is 1520. The second-order valence-electron chi connectivity index (χ2n) is 9.39. The van der Waals surface area contributed by atoms with E-state index in [1.165, 1.54) is 0 Å². The number of carbonyl (C=O) groups excluding carboxylic acids is 4. The summed E-state index contributed by atoms with van der Waals surface area (Å²) in [7, 11) is 0. The van der Waals surface area contributed by atoms with Gasteiger partial charge in [-0.05, 0) is 36.4 Å². The third-order valence-electron chi connectivity index (χ3n) is 6.41. The average molecular weight is 647 g/mol. The van der Waals surface area contributed by atoms with Crippen LogP contribution in [0.2, 0.25) is 0 Å². The molecule has 10 N–H and O–H groups in total. The van der Waals surface area contributed by atoms with E-state index < -0.39 is 0 Å². The molecule has 228 valence electrons. The van der Waals surface area contributed by atoms with Gasteiger partial charge >= 0.3 is 11.6 Å². The van der Waals surface area contributed by atoms with Gasteiger partial charge in [0, 0.05) is 46.7 Å². The Balaban J connectivity index is 0.000000262. The Morgan fingerprint density at radius 2 is 0.756 bits per heavy atom. The maximum Gasteiger partial charge on any atom is 0.368 e. The molecule has 0 bridgehead atoms. The third-order valence-corrected chi connectivity index (χ3v) is 6.41. The Morgan fingerprint density at radius 1 is 0.511 bits per heavy atom. The van der Waals surface area contributed by atoms with Gasteiger partial charge in [-0.15, -0.1) is 0 Å². The van der Waals surface area contributed by atoms with Crippen LogP contribution < -0.4 is 0 Å². The fraction of sp³-hybridized carbons (Fsp3) is 0.111. The molecule has 0 heterocycles. The molecular weight excluding hydrogens is 608 g/mol. The quantitative estimate of drug-likeness (QED) is 0.107. The number of hydrogen-bond acceptors (Lipinski definition) is 2. The van der Waals surface area contributed by atoms with E-state index in [9.17, 15) is 19.2 Å². The summed E-state index contributed by atoms with van der Waals surface area (Å²) in [6.07, 6.45) is 0. The number of carbonyl (C=O) groups is 2. The number of allylic oxidation sites excluding steroid dienone is 2. The van der Waals surface area contributed by atoms with Crippen molar-refractivity contribution in [3.8, 4) is 0 Å². The van der Waals surface area contributed by atoms with Crippen molar-refractivity contribution in [2.24, 2.45) is 0 Å². The van der Waals surface area contributed by atoms with Crippen LogP contribution >= 0.6 is 0 Å². The van der Waals surface area contributed by atoms with Crippen molar-refractivity contribution in [3.05, 3.63) is 154 Å². The Morgan fingerprint density at radius 3 is 1.02 bits per heavy atom. The summed E-state index contributed by atoms with van der Waals surface area (Å²) >= 11 is 0. The van der Waals surface area contributed by atoms with Gasteiger partial charge in [-0.3, -0.25) is 19.2 Å². The van der Waals surface area contributed by atoms with Crippen LogP contribution in [0.15, 0.2) is 120 Å². The van der Waals surface area contributed by atoms with Gasteiger partial charge < -0.3 is 20.4 Å². The first kappa shape index (κ1) is 36.5. The minimum atomic E-state index is -0.290. The summed E-state index contributed by atoms with van der Waals surface area (Å²) in [4.78, 5) is 44.8. The molecule has 0 spiro atoms. The minimum absolute atomic E-state index is 0. The number of ketones is 4. The van der Waals surface area contributed by atoms with Crippen molar-refractivity contribution in [3.63, 3.8) is 0 Å². The van der Waals surface area contributed by atoms with Crippen LogP contribution in [0.3, 0.4) is 0 Å². The van der Waals surface area contributed by atoms with Crippen molar-refractivity contribution in [2.45, 2.75) is 13.8 Å². The first-order valence-electron chi connectivity index (χ1n) is 14.0. The van der Waals surface area contributed by atoms with Crippen LogP contribution in [0.1, 0.15) is 56.8 Å². The van der Waals surface area contributed by atoms with E-state index in [0.717, 1.165) is 0 Å². The molecule has 0 aliphatic heterocycles. The molecule has 8 nitrogen and oxygen atoms in total. The number of hydrogen-bond donors (Lipinski definition) is 0.